The molecule has 0 aromatic heterocycles. The van der Waals surface area contributed by atoms with Crippen molar-refractivity contribution in [3.05, 3.63) is 64.7 Å². The van der Waals surface area contributed by atoms with E-state index in [1.54, 1.807) is 12.1 Å². The van der Waals surface area contributed by atoms with Crippen LogP contribution in [0.3, 0.4) is 0 Å². The maximum Gasteiger partial charge on any atom is 0.166 e. The average Bonchev–Trinajstić information content (AvgIpc) is 2.42. The monoisotopic (exact) mass is 274 g/mol. The van der Waals surface area contributed by atoms with Crippen LogP contribution in [0, 0.1) is 6.92 Å². The predicted molar refractivity (Wildman–Crippen MR) is 77.1 cm³/mol. The Hall–Kier alpha value is -1.80. The third-order valence-electron chi connectivity index (χ3n) is 2.77. The molecule has 0 saturated carbocycles. The maximum absolute atomic E-state index is 11.9. The summed E-state index contributed by atoms with van der Waals surface area (Å²) in [5.74, 6) is 0.692. The van der Waals surface area contributed by atoms with Gasteiger partial charge < -0.3 is 4.74 Å². The number of hydrogen-bond donors (Lipinski definition) is 0. The smallest absolute Gasteiger partial charge is 0.166 e. The number of ether oxygens (including phenoxy) is 1. The first kappa shape index (κ1) is 13.6. The minimum absolute atomic E-state index is 0.0730. The van der Waals surface area contributed by atoms with E-state index >= 15 is 0 Å². The lowest BCUT2D eigenvalue weighted by atomic mass is 10.1. The number of Topliss-reactive ketones (excluding diaryl/α,β-unsaturated/α-hetero) is 1. The first-order valence-corrected chi connectivity index (χ1v) is 6.52. The number of benzene rings is 2. The second-order valence-electron chi connectivity index (χ2n) is 4.32. The molecule has 19 heavy (non-hydrogen) atoms. The molecule has 0 heterocycles. The van der Waals surface area contributed by atoms with Crippen molar-refractivity contribution in [3.8, 4) is 5.75 Å². The summed E-state index contributed by atoms with van der Waals surface area (Å²) in [5.41, 5.74) is 1.79. The highest BCUT2D eigenvalue weighted by molar-refractivity contribution is 6.32. The molecule has 3 heteroatoms. The zero-order valence-electron chi connectivity index (χ0n) is 10.7. The highest BCUT2D eigenvalue weighted by Crippen LogP contribution is 2.25. The summed E-state index contributed by atoms with van der Waals surface area (Å²) in [6, 6.07) is 14.8. The number of carbonyl (C=O) groups is 1. The lowest BCUT2D eigenvalue weighted by Gasteiger charge is -2.08. The Bertz CT molecular complexity index is 564. The van der Waals surface area contributed by atoms with E-state index < -0.39 is 0 Å². The SMILES string of the molecule is Cc1ccc(OCCC(=O)c2ccccc2)c(Cl)c1. The molecular formula is C16H15ClO2. The van der Waals surface area contributed by atoms with E-state index in [1.165, 1.54) is 0 Å². The Morgan fingerprint density at radius 1 is 1.16 bits per heavy atom. The number of aryl methyl sites for hydroxylation is 1. The van der Waals surface area contributed by atoms with Gasteiger partial charge in [-0.05, 0) is 24.6 Å². The zero-order valence-corrected chi connectivity index (χ0v) is 11.5. The molecule has 2 aromatic carbocycles. The third kappa shape index (κ3) is 3.83. The van der Waals surface area contributed by atoms with E-state index in [0.29, 0.717) is 29.4 Å². The topological polar surface area (TPSA) is 26.3 Å². The van der Waals surface area contributed by atoms with Crippen LogP contribution < -0.4 is 4.74 Å². The van der Waals surface area contributed by atoms with Gasteiger partial charge in [-0.1, -0.05) is 48.0 Å². The van der Waals surface area contributed by atoms with Crippen LogP contribution >= 0.6 is 11.6 Å². The van der Waals surface area contributed by atoms with Crippen LogP contribution in [0.4, 0.5) is 0 Å². The molecule has 2 aromatic rings. The molecule has 0 bridgehead atoms. The van der Waals surface area contributed by atoms with Gasteiger partial charge in [-0.15, -0.1) is 0 Å². The van der Waals surface area contributed by atoms with E-state index in [4.69, 9.17) is 16.3 Å². The highest BCUT2D eigenvalue weighted by Gasteiger charge is 2.06. The van der Waals surface area contributed by atoms with Crippen LogP contribution in [0.2, 0.25) is 5.02 Å². The van der Waals surface area contributed by atoms with Crippen molar-refractivity contribution in [1.29, 1.82) is 0 Å². The molecule has 0 atom stereocenters. The second kappa shape index (κ2) is 6.39. The molecule has 0 unspecified atom stereocenters. The summed E-state index contributed by atoms with van der Waals surface area (Å²) in [7, 11) is 0. The van der Waals surface area contributed by atoms with Crippen LogP contribution in [0.1, 0.15) is 22.3 Å². The van der Waals surface area contributed by atoms with E-state index in [0.717, 1.165) is 5.56 Å². The molecular weight excluding hydrogens is 260 g/mol. The second-order valence-corrected chi connectivity index (χ2v) is 4.73. The molecule has 0 aliphatic rings. The largest absolute Gasteiger partial charge is 0.492 e. The van der Waals surface area contributed by atoms with Crippen LogP contribution in [0.25, 0.3) is 0 Å². The molecule has 0 aliphatic heterocycles. The van der Waals surface area contributed by atoms with Crippen molar-refractivity contribution in [1.82, 2.24) is 0 Å². The van der Waals surface area contributed by atoms with Gasteiger partial charge in [0.2, 0.25) is 0 Å². The van der Waals surface area contributed by atoms with Gasteiger partial charge in [0.25, 0.3) is 0 Å². The van der Waals surface area contributed by atoms with Crippen molar-refractivity contribution in [2.75, 3.05) is 6.61 Å². The van der Waals surface area contributed by atoms with E-state index in [2.05, 4.69) is 0 Å². The van der Waals surface area contributed by atoms with Crippen molar-refractivity contribution < 1.29 is 9.53 Å². The van der Waals surface area contributed by atoms with Gasteiger partial charge in [-0.3, -0.25) is 4.79 Å². The Morgan fingerprint density at radius 2 is 1.89 bits per heavy atom. The van der Waals surface area contributed by atoms with Gasteiger partial charge in [0.05, 0.1) is 11.6 Å². The summed E-state index contributed by atoms with van der Waals surface area (Å²) < 4.78 is 5.53. The Labute approximate surface area is 118 Å². The fourth-order valence-electron chi connectivity index (χ4n) is 1.74. The number of halogens is 1. The predicted octanol–water partition coefficient (Wildman–Crippen LogP) is 4.30. The molecule has 0 spiro atoms. The van der Waals surface area contributed by atoms with Crippen LogP contribution in [0.15, 0.2) is 48.5 Å². The summed E-state index contributed by atoms with van der Waals surface area (Å²) in [5, 5.41) is 0.576. The van der Waals surface area contributed by atoms with Gasteiger partial charge in [-0.2, -0.15) is 0 Å². The van der Waals surface area contributed by atoms with Gasteiger partial charge >= 0.3 is 0 Å². The average molecular weight is 275 g/mol. The Kier molecular flexibility index (Phi) is 4.58. The molecule has 0 fully saturated rings. The molecule has 2 rings (SSSR count). The molecule has 0 amide bonds. The highest BCUT2D eigenvalue weighted by atomic mass is 35.5. The van der Waals surface area contributed by atoms with Crippen LogP contribution in [0.5, 0.6) is 5.75 Å². The molecule has 0 N–H and O–H groups in total. The summed E-state index contributed by atoms with van der Waals surface area (Å²) in [6.45, 7) is 2.30. The quantitative estimate of drug-likeness (QED) is 0.760. The number of hydrogen-bond acceptors (Lipinski definition) is 2. The van der Waals surface area contributed by atoms with Crippen molar-refractivity contribution >= 4 is 17.4 Å². The molecule has 0 aliphatic carbocycles. The zero-order chi connectivity index (χ0) is 13.7. The van der Waals surface area contributed by atoms with E-state index in [1.807, 2.05) is 43.3 Å². The summed E-state index contributed by atoms with van der Waals surface area (Å²) in [6.07, 6.45) is 0.341. The number of rotatable bonds is 5. The first-order chi connectivity index (χ1) is 9.16. The third-order valence-corrected chi connectivity index (χ3v) is 3.07. The first-order valence-electron chi connectivity index (χ1n) is 6.14. The minimum Gasteiger partial charge on any atom is -0.492 e. The Morgan fingerprint density at radius 3 is 2.58 bits per heavy atom. The van der Waals surface area contributed by atoms with Crippen LogP contribution in [-0.4, -0.2) is 12.4 Å². The Balaban J connectivity index is 1.88. The van der Waals surface area contributed by atoms with E-state index in [-0.39, 0.29) is 5.78 Å². The molecule has 0 radical (unpaired) electrons. The minimum atomic E-state index is 0.0730. The standard InChI is InChI=1S/C16H15ClO2/c1-12-7-8-16(14(17)11-12)19-10-9-15(18)13-5-3-2-4-6-13/h2-8,11H,9-10H2,1H3. The van der Waals surface area contributed by atoms with Gasteiger partial charge in [0.1, 0.15) is 5.75 Å². The molecule has 2 nitrogen and oxygen atoms in total. The van der Waals surface area contributed by atoms with E-state index in [9.17, 15) is 4.79 Å². The van der Waals surface area contributed by atoms with Crippen molar-refractivity contribution in [2.45, 2.75) is 13.3 Å². The molecule has 98 valence electrons. The fourth-order valence-corrected chi connectivity index (χ4v) is 2.03. The van der Waals surface area contributed by atoms with Crippen LogP contribution in [-0.2, 0) is 0 Å². The van der Waals surface area contributed by atoms with Crippen molar-refractivity contribution in [2.24, 2.45) is 0 Å². The lowest BCUT2D eigenvalue weighted by molar-refractivity contribution is 0.0962. The van der Waals surface area contributed by atoms with Gasteiger partial charge in [0.15, 0.2) is 5.78 Å². The number of carbonyl (C=O) groups excluding carboxylic acids is 1. The number of ketones is 1. The van der Waals surface area contributed by atoms with Gasteiger partial charge in [0, 0.05) is 12.0 Å². The normalized spacial score (nSPS) is 10.2. The maximum atomic E-state index is 11.9. The molecule has 0 saturated heterocycles. The summed E-state index contributed by atoms with van der Waals surface area (Å²) in [4.78, 5) is 11.9. The van der Waals surface area contributed by atoms with Gasteiger partial charge in [-0.25, -0.2) is 0 Å². The lowest BCUT2D eigenvalue weighted by Crippen LogP contribution is -2.06. The summed E-state index contributed by atoms with van der Waals surface area (Å²) >= 11 is 6.05. The van der Waals surface area contributed by atoms with Crippen molar-refractivity contribution in [3.63, 3.8) is 0 Å². The fraction of sp³-hybridized carbons (Fsp3) is 0.188.